The summed E-state index contributed by atoms with van der Waals surface area (Å²) in [5.41, 5.74) is 3.35. The summed E-state index contributed by atoms with van der Waals surface area (Å²) in [7, 11) is 0. The average Bonchev–Trinajstić information content (AvgIpc) is 2.39. The molecule has 0 aromatic rings. The SMILES string of the molecule is F[C@@H]1C[C@H]2CC(=C3CCC3)CN2C1. The monoisotopic (exact) mass is 181 g/mol. The molecule has 0 radical (unpaired) electrons. The van der Waals surface area contributed by atoms with E-state index in [-0.39, 0.29) is 0 Å². The fourth-order valence-electron chi connectivity index (χ4n) is 2.89. The number of allylic oxidation sites excluding steroid dienone is 1. The molecule has 0 N–H and O–H groups in total. The van der Waals surface area contributed by atoms with Crippen LogP contribution in [0.4, 0.5) is 4.39 Å². The molecule has 0 aromatic carbocycles. The molecule has 0 spiro atoms. The first kappa shape index (κ1) is 7.98. The summed E-state index contributed by atoms with van der Waals surface area (Å²) in [6.45, 7) is 1.78. The van der Waals surface area contributed by atoms with Crippen molar-refractivity contribution in [1.29, 1.82) is 0 Å². The van der Waals surface area contributed by atoms with Gasteiger partial charge in [0.1, 0.15) is 6.17 Å². The standard InChI is InChI=1S/C11H16FN/c12-10-5-11-4-9(6-13(11)7-10)8-2-1-3-8/h10-11H,1-7H2/t10-,11-/m1/s1. The van der Waals surface area contributed by atoms with Crippen molar-refractivity contribution in [2.75, 3.05) is 13.1 Å². The van der Waals surface area contributed by atoms with E-state index in [0.717, 1.165) is 13.0 Å². The van der Waals surface area contributed by atoms with Crippen molar-refractivity contribution in [2.45, 2.75) is 44.3 Å². The van der Waals surface area contributed by atoms with Crippen molar-refractivity contribution in [1.82, 2.24) is 4.90 Å². The molecule has 13 heavy (non-hydrogen) atoms. The molecule has 0 bridgehead atoms. The van der Waals surface area contributed by atoms with E-state index in [1.54, 1.807) is 11.1 Å². The second kappa shape index (κ2) is 2.81. The molecule has 1 nitrogen and oxygen atoms in total. The van der Waals surface area contributed by atoms with E-state index in [1.807, 2.05) is 0 Å². The van der Waals surface area contributed by atoms with Gasteiger partial charge in [-0.3, -0.25) is 4.90 Å². The van der Waals surface area contributed by atoms with E-state index in [0.29, 0.717) is 12.6 Å². The molecule has 72 valence electrons. The van der Waals surface area contributed by atoms with Crippen molar-refractivity contribution < 1.29 is 4.39 Å². The lowest BCUT2D eigenvalue weighted by Gasteiger charge is -2.20. The lowest BCUT2D eigenvalue weighted by molar-refractivity contribution is 0.296. The first-order valence-electron chi connectivity index (χ1n) is 5.41. The van der Waals surface area contributed by atoms with Crippen molar-refractivity contribution in [2.24, 2.45) is 0 Å². The van der Waals surface area contributed by atoms with Crippen LogP contribution in [-0.4, -0.2) is 30.2 Å². The van der Waals surface area contributed by atoms with Gasteiger partial charge in [0, 0.05) is 19.1 Å². The van der Waals surface area contributed by atoms with Crippen LogP contribution >= 0.6 is 0 Å². The zero-order chi connectivity index (χ0) is 8.84. The van der Waals surface area contributed by atoms with Crippen LogP contribution in [0.15, 0.2) is 11.1 Å². The smallest absolute Gasteiger partial charge is 0.114 e. The Bertz CT molecular complexity index is 237. The maximum absolute atomic E-state index is 13.0. The van der Waals surface area contributed by atoms with Gasteiger partial charge in [-0.2, -0.15) is 0 Å². The third kappa shape index (κ3) is 1.23. The zero-order valence-corrected chi connectivity index (χ0v) is 7.93. The van der Waals surface area contributed by atoms with Crippen molar-refractivity contribution in [3.8, 4) is 0 Å². The molecule has 3 rings (SSSR count). The summed E-state index contributed by atoms with van der Waals surface area (Å²) < 4.78 is 13.0. The quantitative estimate of drug-likeness (QED) is 0.518. The van der Waals surface area contributed by atoms with Gasteiger partial charge in [0.2, 0.25) is 0 Å². The molecule has 3 fully saturated rings. The minimum absolute atomic E-state index is 0.544. The Balaban J connectivity index is 1.74. The van der Waals surface area contributed by atoms with E-state index >= 15 is 0 Å². The molecular formula is C11H16FN. The number of rotatable bonds is 0. The predicted octanol–water partition coefficient (Wildman–Crippen LogP) is 2.28. The average molecular weight is 181 g/mol. The molecule has 1 saturated carbocycles. The molecule has 2 atom stereocenters. The van der Waals surface area contributed by atoms with Gasteiger partial charge >= 0.3 is 0 Å². The van der Waals surface area contributed by atoms with Crippen LogP contribution in [0.2, 0.25) is 0 Å². The Labute approximate surface area is 78.6 Å². The maximum atomic E-state index is 13.0. The molecule has 0 aromatic heterocycles. The minimum atomic E-state index is -0.544. The third-order valence-corrected chi connectivity index (χ3v) is 3.81. The first-order chi connectivity index (χ1) is 6.33. The van der Waals surface area contributed by atoms with Gasteiger partial charge in [-0.05, 0) is 32.1 Å². The predicted molar refractivity (Wildman–Crippen MR) is 50.4 cm³/mol. The maximum Gasteiger partial charge on any atom is 0.114 e. The van der Waals surface area contributed by atoms with Gasteiger partial charge in [-0.1, -0.05) is 11.1 Å². The highest BCUT2D eigenvalue weighted by molar-refractivity contribution is 5.26. The Hall–Kier alpha value is -0.370. The number of hydrogen-bond donors (Lipinski definition) is 0. The van der Waals surface area contributed by atoms with Gasteiger partial charge in [-0.15, -0.1) is 0 Å². The molecule has 0 unspecified atom stereocenters. The Morgan fingerprint density at radius 3 is 2.69 bits per heavy atom. The highest BCUT2D eigenvalue weighted by Crippen LogP contribution is 2.38. The van der Waals surface area contributed by atoms with Crippen LogP contribution in [0.1, 0.15) is 32.1 Å². The molecule has 2 aliphatic heterocycles. The highest BCUT2D eigenvalue weighted by atomic mass is 19.1. The molecule has 2 saturated heterocycles. The van der Waals surface area contributed by atoms with Crippen LogP contribution in [0.25, 0.3) is 0 Å². The summed E-state index contributed by atoms with van der Waals surface area (Å²) in [6, 6.07) is 0.554. The van der Waals surface area contributed by atoms with Gasteiger partial charge in [0.05, 0.1) is 0 Å². The topological polar surface area (TPSA) is 3.24 Å². The van der Waals surface area contributed by atoms with Crippen LogP contribution in [-0.2, 0) is 0 Å². The summed E-state index contributed by atoms with van der Waals surface area (Å²) >= 11 is 0. The number of hydrogen-bond acceptors (Lipinski definition) is 1. The Kier molecular flexibility index (Phi) is 1.72. The Morgan fingerprint density at radius 1 is 1.23 bits per heavy atom. The fourth-order valence-corrected chi connectivity index (χ4v) is 2.89. The highest BCUT2D eigenvalue weighted by Gasteiger charge is 2.38. The molecule has 3 aliphatic rings. The summed E-state index contributed by atoms with van der Waals surface area (Å²) in [6.07, 6.45) is 5.46. The molecule has 1 aliphatic carbocycles. The molecule has 0 amide bonds. The summed E-state index contributed by atoms with van der Waals surface area (Å²) in [4.78, 5) is 2.34. The Morgan fingerprint density at radius 2 is 2.08 bits per heavy atom. The van der Waals surface area contributed by atoms with Gasteiger partial charge in [-0.25, -0.2) is 4.39 Å². The van der Waals surface area contributed by atoms with E-state index in [9.17, 15) is 4.39 Å². The fraction of sp³-hybridized carbons (Fsp3) is 0.818. The molecule has 2 heterocycles. The zero-order valence-electron chi connectivity index (χ0n) is 7.93. The van der Waals surface area contributed by atoms with E-state index in [4.69, 9.17) is 0 Å². The van der Waals surface area contributed by atoms with Crippen LogP contribution in [0.3, 0.4) is 0 Å². The largest absolute Gasteiger partial charge is 0.293 e. The molecule has 2 heteroatoms. The van der Waals surface area contributed by atoms with Gasteiger partial charge < -0.3 is 0 Å². The van der Waals surface area contributed by atoms with E-state index < -0.39 is 6.17 Å². The number of nitrogens with zero attached hydrogens (tertiary/aromatic N) is 1. The van der Waals surface area contributed by atoms with Crippen LogP contribution in [0.5, 0.6) is 0 Å². The first-order valence-corrected chi connectivity index (χ1v) is 5.41. The normalized spacial score (nSPS) is 39.5. The summed E-state index contributed by atoms with van der Waals surface area (Å²) in [5, 5.41) is 0. The van der Waals surface area contributed by atoms with Crippen LogP contribution in [0, 0.1) is 0 Å². The van der Waals surface area contributed by atoms with Gasteiger partial charge in [0.25, 0.3) is 0 Å². The third-order valence-electron chi connectivity index (χ3n) is 3.81. The van der Waals surface area contributed by atoms with Crippen molar-refractivity contribution in [3.05, 3.63) is 11.1 Å². The summed E-state index contributed by atoms with van der Waals surface area (Å²) in [5.74, 6) is 0. The lowest BCUT2D eigenvalue weighted by atomic mass is 9.87. The number of halogens is 1. The minimum Gasteiger partial charge on any atom is -0.293 e. The second-order valence-corrected chi connectivity index (χ2v) is 4.68. The van der Waals surface area contributed by atoms with Crippen LogP contribution < -0.4 is 0 Å². The van der Waals surface area contributed by atoms with Crippen molar-refractivity contribution >= 4 is 0 Å². The van der Waals surface area contributed by atoms with E-state index in [1.165, 1.54) is 25.7 Å². The second-order valence-electron chi connectivity index (χ2n) is 4.68. The van der Waals surface area contributed by atoms with Gasteiger partial charge in [0.15, 0.2) is 0 Å². The lowest BCUT2D eigenvalue weighted by Crippen LogP contribution is -2.22. The van der Waals surface area contributed by atoms with E-state index in [2.05, 4.69) is 4.90 Å². The number of alkyl halides is 1. The molecular weight excluding hydrogens is 165 g/mol. The van der Waals surface area contributed by atoms with Crippen molar-refractivity contribution in [3.63, 3.8) is 0 Å². The number of fused-ring (bicyclic) bond motifs is 1.